The third kappa shape index (κ3) is 2.36. The molecule has 1 heterocycles. The van der Waals surface area contributed by atoms with Gasteiger partial charge in [-0.15, -0.1) is 0 Å². The summed E-state index contributed by atoms with van der Waals surface area (Å²) in [7, 11) is 0. The molecule has 0 radical (unpaired) electrons. The van der Waals surface area contributed by atoms with E-state index in [9.17, 15) is 9.18 Å². The molecule has 20 heavy (non-hydrogen) atoms. The highest BCUT2D eigenvalue weighted by atomic mass is 79.9. The van der Waals surface area contributed by atoms with Gasteiger partial charge in [0.1, 0.15) is 10.8 Å². The fourth-order valence-corrected chi connectivity index (χ4v) is 2.94. The third-order valence-electron chi connectivity index (χ3n) is 3.36. The summed E-state index contributed by atoms with van der Waals surface area (Å²) >= 11 is 9.30. The van der Waals surface area contributed by atoms with Gasteiger partial charge in [-0.2, -0.15) is 0 Å². The third-order valence-corrected chi connectivity index (χ3v) is 4.25. The minimum atomic E-state index is -0.408. The topological polar surface area (TPSA) is 41.1 Å². The molecule has 0 aromatic heterocycles. The summed E-state index contributed by atoms with van der Waals surface area (Å²) in [5.74, 6) is -0.538. The van der Waals surface area contributed by atoms with E-state index in [0.29, 0.717) is 16.6 Å². The van der Waals surface area contributed by atoms with Gasteiger partial charge in [0.2, 0.25) is 0 Å². The number of benzene rings is 1. The maximum atomic E-state index is 13.9. The van der Waals surface area contributed by atoms with Gasteiger partial charge in [0.05, 0.1) is 17.1 Å². The number of Topliss-reactive ketones (excluding diaryl/α,β-unsaturated/α-hetero) is 1. The largest absolute Gasteiger partial charge is 0.383 e. The lowest BCUT2D eigenvalue weighted by atomic mass is 9.98. The van der Waals surface area contributed by atoms with Gasteiger partial charge in [-0.1, -0.05) is 27.5 Å². The van der Waals surface area contributed by atoms with E-state index >= 15 is 0 Å². The van der Waals surface area contributed by atoms with Crippen molar-refractivity contribution >= 4 is 39.0 Å². The second-order valence-corrected chi connectivity index (χ2v) is 5.99. The molecule has 2 aliphatic rings. The predicted octanol–water partition coefficient (Wildman–Crippen LogP) is 3.67. The highest BCUT2D eigenvalue weighted by Gasteiger charge is 2.29. The number of ketones is 1. The number of hydrogen-bond donors (Lipinski definition) is 2. The predicted molar refractivity (Wildman–Crippen MR) is 79.9 cm³/mol. The Labute approximate surface area is 129 Å². The first-order valence-electron chi connectivity index (χ1n) is 6.17. The zero-order valence-corrected chi connectivity index (χ0v) is 12.7. The summed E-state index contributed by atoms with van der Waals surface area (Å²) in [6.45, 7) is 0.774. The number of carbonyl (C=O) groups is 1. The Morgan fingerprint density at radius 2 is 2.20 bits per heavy atom. The summed E-state index contributed by atoms with van der Waals surface area (Å²) in [6, 6.07) is 4.69. The molecule has 1 aliphatic carbocycles. The van der Waals surface area contributed by atoms with Gasteiger partial charge in [0.25, 0.3) is 0 Å². The van der Waals surface area contributed by atoms with Crippen LogP contribution in [0.3, 0.4) is 0 Å². The fraction of sp³-hybridized carbons (Fsp3) is 0.214. The molecule has 0 unspecified atom stereocenters. The Hall–Kier alpha value is -1.33. The van der Waals surface area contributed by atoms with Gasteiger partial charge in [-0.05, 0) is 30.2 Å². The molecule has 0 fully saturated rings. The summed E-state index contributed by atoms with van der Waals surface area (Å²) in [4.78, 5) is 11.9. The number of anilines is 1. The van der Waals surface area contributed by atoms with Crippen molar-refractivity contribution in [2.75, 3.05) is 11.9 Å². The highest BCUT2D eigenvalue weighted by molar-refractivity contribution is 9.10. The lowest BCUT2D eigenvalue weighted by molar-refractivity contribution is -0.114. The molecule has 1 aliphatic heterocycles. The number of nitrogens with one attached hydrogen (secondary N) is 2. The van der Waals surface area contributed by atoms with Crippen molar-refractivity contribution in [1.29, 1.82) is 0 Å². The first-order chi connectivity index (χ1) is 9.56. The number of allylic oxidation sites excluding steroid dienone is 1. The van der Waals surface area contributed by atoms with E-state index in [1.54, 1.807) is 12.1 Å². The van der Waals surface area contributed by atoms with E-state index in [-0.39, 0.29) is 16.5 Å². The van der Waals surface area contributed by atoms with Crippen molar-refractivity contribution in [3.8, 4) is 0 Å². The molecule has 2 N–H and O–H groups in total. The summed E-state index contributed by atoms with van der Waals surface area (Å²) in [5.41, 5.74) is 2.62. The fourth-order valence-electron chi connectivity index (χ4n) is 2.39. The number of halogens is 3. The molecule has 3 nitrogen and oxygen atoms in total. The lowest BCUT2D eigenvalue weighted by Gasteiger charge is -2.20. The van der Waals surface area contributed by atoms with E-state index in [1.165, 1.54) is 6.07 Å². The Bertz CT molecular complexity index is 669. The molecule has 1 aromatic carbocycles. The zero-order valence-electron chi connectivity index (χ0n) is 10.4. The average Bonchev–Trinajstić information content (AvgIpc) is 2.85. The molecule has 1 aromatic rings. The molecular weight excluding hydrogens is 347 g/mol. The maximum Gasteiger partial charge on any atom is 0.180 e. The van der Waals surface area contributed by atoms with E-state index < -0.39 is 5.82 Å². The normalized spacial score (nSPS) is 18.2. The maximum absolute atomic E-state index is 13.9. The van der Waals surface area contributed by atoms with Gasteiger partial charge in [-0.25, -0.2) is 4.39 Å². The summed E-state index contributed by atoms with van der Waals surface area (Å²) in [6.07, 6.45) is 1.16. The van der Waals surface area contributed by atoms with Crippen LogP contribution in [0.4, 0.5) is 10.1 Å². The molecule has 0 saturated heterocycles. The molecular formula is C14H11BrClFN2O. The van der Waals surface area contributed by atoms with Crippen molar-refractivity contribution in [2.24, 2.45) is 0 Å². The highest BCUT2D eigenvalue weighted by Crippen LogP contribution is 2.34. The van der Waals surface area contributed by atoms with Gasteiger partial charge < -0.3 is 10.6 Å². The van der Waals surface area contributed by atoms with Crippen molar-refractivity contribution in [3.63, 3.8) is 0 Å². The molecule has 0 spiro atoms. The Morgan fingerprint density at radius 3 is 2.95 bits per heavy atom. The second kappa shape index (κ2) is 5.22. The van der Waals surface area contributed by atoms with Crippen LogP contribution in [0.1, 0.15) is 12.8 Å². The summed E-state index contributed by atoms with van der Waals surface area (Å²) < 4.78 is 14.5. The molecule has 3 rings (SSSR count). The van der Waals surface area contributed by atoms with Crippen LogP contribution in [-0.2, 0) is 4.79 Å². The lowest BCUT2D eigenvalue weighted by Crippen LogP contribution is -2.21. The molecule has 6 heteroatoms. The van der Waals surface area contributed by atoms with Crippen LogP contribution in [0.5, 0.6) is 0 Å². The molecule has 0 bridgehead atoms. The van der Waals surface area contributed by atoms with Gasteiger partial charge >= 0.3 is 0 Å². The zero-order chi connectivity index (χ0) is 14.3. The minimum Gasteiger partial charge on any atom is -0.383 e. The standard InChI is InChI=1S/C14H11BrClFN2O/c15-8-1-2-10(9(17)6-8)19-14-12(16)11(20)5-7-3-4-18-13(7)14/h1-2,6,18-19H,3-5H2. The van der Waals surface area contributed by atoms with Crippen LogP contribution in [0.15, 0.2) is 44.7 Å². The number of hydrogen-bond acceptors (Lipinski definition) is 3. The number of carbonyl (C=O) groups excluding carboxylic acids is 1. The minimum absolute atomic E-state index is 0.125. The Balaban J connectivity index is 1.99. The smallest absolute Gasteiger partial charge is 0.180 e. The van der Waals surface area contributed by atoms with Crippen molar-refractivity contribution in [3.05, 3.63) is 50.5 Å². The Kier molecular flexibility index (Phi) is 3.56. The van der Waals surface area contributed by atoms with E-state index in [4.69, 9.17) is 11.6 Å². The van der Waals surface area contributed by atoms with Crippen molar-refractivity contribution < 1.29 is 9.18 Å². The van der Waals surface area contributed by atoms with Crippen molar-refractivity contribution in [1.82, 2.24) is 5.32 Å². The molecule has 0 atom stereocenters. The van der Waals surface area contributed by atoms with Crippen LogP contribution in [0.25, 0.3) is 0 Å². The van der Waals surface area contributed by atoms with Crippen LogP contribution in [0.2, 0.25) is 0 Å². The number of rotatable bonds is 2. The SMILES string of the molecule is O=C1CC2=C(NCC2)C(Nc2ccc(Br)cc2F)=C1Cl. The molecule has 104 valence electrons. The van der Waals surface area contributed by atoms with E-state index in [0.717, 1.165) is 24.2 Å². The van der Waals surface area contributed by atoms with Crippen molar-refractivity contribution in [2.45, 2.75) is 12.8 Å². The molecule has 0 saturated carbocycles. The van der Waals surface area contributed by atoms with Crippen LogP contribution in [-0.4, -0.2) is 12.3 Å². The molecule has 0 amide bonds. The average molecular weight is 358 g/mol. The van der Waals surface area contributed by atoms with Gasteiger partial charge in [-0.3, -0.25) is 4.79 Å². The van der Waals surface area contributed by atoms with Crippen LogP contribution >= 0.6 is 27.5 Å². The Morgan fingerprint density at radius 1 is 1.40 bits per heavy atom. The monoisotopic (exact) mass is 356 g/mol. The van der Waals surface area contributed by atoms with Gasteiger partial charge in [0.15, 0.2) is 5.78 Å². The van der Waals surface area contributed by atoms with E-state index in [2.05, 4.69) is 26.6 Å². The second-order valence-electron chi connectivity index (χ2n) is 4.69. The van der Waals surface area contributed by atoms with Crippen LogP contribution in [0, 0.1) is 5.82 Å². The van der Waals surface area contributed by atoms with Crippen LogP contribution < -0.4 is 10.6 Å². The van der Waals surface area contributed by atoms with Gasteiger partial charge in [0, 0.05) is 17.4 Å². The first-order valence-corrected chi connectivity index (χ1v) is 7.34. The van der Waals surface area contributed by atoms with E-state index in [1.807, 2.05) is 0 Å². The first kappa shape index (κ1) is 13.6. The quantitative estimate of drug-likeness (QED) is 0.848. The summed E-state index contributed by atoms with van der Waals surface area (Å²) in [5, 5.41) is 6.27.